The number of esters is 1. The molecule has 2 rings (SSSR count). The van der Waals surface area contributed by atoms with Crippen molar-refractivity contribution in [2.45, 2.75) is 6.54 Å². The summed E-state index contributed by atoms with van der Waals surface area (Å²) in [5, 5.41) is 4.00. The smallest absolute Gasteiger partial charge is 0.339 e. The zero-order chi connectivity index (χ0) is 11.2. The summed E-state index contributed by atoms with van der Waals surface area (Å²) >= 11 is 0. The van der Waals surface area contributed by atoms with Gasteiger partial charge in [0.2, 0.25) is 0 Å². The monoisotopic (exact) mass is 217 g/mol. The largest absolute Gasteiger partial charge is 0.460 e. The Morgan fingerprint density at radius 2 is 2.31 bits per heavy atom. The third-order valence-corrected chi connectivity index (χ3v) is 2.01. The fourth-order valence-corrected chi connectivity index (χ4v) is 1.23. The van der Waals surface area contributed by atoms with E-state index in [0.29, 0.717) is 18.7 Å². The molecule has 0 bridgehead atoms. The van der Waals surface area contributed by atoms with Crippen molar-refractivity contribution in [3.8, 4) is 0 Å². The zero-order valence-electron chi connectivity index (χ0n) is 8.61. The van der Waals surface area contributed by atoms with Crippen LogP contribution in [0.25, 0.3) is 0 Å². The van der Waals surface area contributed by atoms with Crippen molar-refractivity contribution in [2.75, 3.05) is 6.61 Å². The Balaban J connectivity index is 1.81. The third-order valence-electron chi connectivity index (χ3n) is 2.01. The summed E-state index contributed by atoms with van der Waals surface area (Å²) in [5.74, 6) is -0.361. The summed E-state index contributed by atoms with van der Waals surface area (Å²) < 4.78 is 6.77. The summed E-state index contributed by atoms with van der Waals surface area (Å²) in [7, 11) is 0. The lowest BCUT2D eigenvalue weighted by atomic mass is 10.3. The molecule has 0 fully saturated rings. The highest BCUT2D eigenvalue weighted by Gasteiger charge is 2.05. The first-order valence-corrected chi connectivity index (χ1v) is 4.91. The first-order chi connectivity index (χ1) is 7.86. The van der Waals surface area contributed by atoms with Crippen LogP contribution in [-0.4, -0.2) is 27.3 Å². The maximum Gasteiger partial charge on any atom is 0.339 e. The molecule has 0 spiro atoms. The lowest BCUT2D eigenvalue weighted by molar-refractivity contribution is 0.0487. The minimum atomic E-state index is -0.361. The number of rotatable bonds is 4. The van der Waals surface area contributed by atoms with Crippen LogP contribution in [0.2, 0.25) is 0 Å². The van der Waals surface area contributed by atoms with Crippen molar-refractivity contribution in [1.82, 2.24) is 14.8 Å². The van der Waals surface area contributed by atoms with Crippen LogP contribution in [0.5, 0.6) is 0 Å². The second-order valence-electron chi connectivity index (χ2n) is 3.15. The second-order valence-corrected chi connectivity index (χ2v) is 3.15. The van der Waals surface area contributed by atoms with Gasteiger partial charge in [0.25, 0.3) is 0 Å². The Morgan fingerprint density at radius 1 is 1.38 bits per heavy atom. The maximum atomic E-state index is 11.5. The highest BCUT2D eigenvalue weighted by molar-refractivity contribution is 5.88. The molecule has 16 heavy (non-hydrogen) atoms. The molecule has 82 valence electrons. The van der Waals surface area contributed by atoms with E-state index >= 15 is 0 Å². The van der Waals surface area contributed by atoms with Crippen molar-refractivity contribution >= 4 is 5.97 Å². The van der Waals surface area contributed by atoms with E-state index in [-0.39, 0.29) is 5.97 Å². The fraction of sp³-hybridized carbons (Fsp3) is 0.182. The summed E-state index contributed by atoms with van der Waals surface area (Å²) in [6.45, 7) is 0.856. The Bertz CT molecular complexity index is 440. The first kappa shape index (κ1) is 10.4. The van der Waals surface area contributed by atoms with Crippen molar-refractivity contribution in [3.05, 3.63) is 48.5 Å². The third kappa shape index (κ3) is 2.66. The van der Waals surface area contributed by atoms with Crippen molar-refractivity contribution in [3.63, 3.8) is 0 Å². The molecule has 2 aromatic rings. The Hall–Kier alpha value is -2.17. The predicted molar refractivity (Wildman–Crippen MR) is 56.7 cm³/mol. The Kier molecular flexibility index (Phi) is 3.28. The molecular formula is C11H11N3O2. The zero-order valence-corrected chi connectivity index (χ0v) is 8.61. The topological polar surface area (TPSA) is 57.0 Å². The van der Waals surface area contributed by atoms with E-state index in [0.717, 1.165) is 0 Å². The number of pyridine rings is 1. The van der Waals surface area contributed by atoms with Gasteiger partial charge in [-0.3, -0.25) is 9.67 Å². The number of carbonyl (C=O) groups excluding carboxylic acids is 1. The van der Waals surface area contributed by atoms with Crippen LogP contribution >= 0.6 is 0 Å². The van der Waals surface area contributed by atoms with Crippen LogP contribution in [0.1, 0.15) is 10.4 Å². The molecule has 5 heteroatoms. The molecule has 0 saturated heterocycles. The lowest BCUT2D eigenvalue weighted by Gasteiger charge is -2.04. The van der Waals surface area contributed by atoms with Gasteiger partial charge in [0.05, 0.1) is 12.1 Å². The highest BCUT2D eigenvalue weighted by atomic mass is 16.5. The molecule has 0 unspecified atom stereocenters. The summed E-state index contributed by atoms with van der Waals surface area (Å²) in [5.41, 5.74) is 0.461. The minimum absolute atomic E-state index is 0.301. The van der Waals surface area contributed by atoms with E-state index < -0.39 is 0 Å². The second kappa shape index (κ2) is 5.06. The molecule has 2 aromatic heterocycles. The highest BCUT2D eigenvalue weighted by Crippen LogP contribution is 1.98. The molecule has 0 atom stereocenters. The van der Waals surface area contributed by atoms with E-state index in [1.54, 1.807) is 29.2 Å². The Morgan fingerprint density at radius 3 is 3.00 bits per heavy atom. The molecule has 2 heterocycles. The summed E-state index contributed by atoms with van der Waals surface area (Å²) in [6, 6.07) is 5.19. The molecule has 0 aliphatic carbocycles. The van der Waals surface area contributed by atoms with Gasteiger partial charge < -0.3 is 4.74 Å². The maximum absolute atomic E-state index is 11.5. The van der Waals surface area contributed by atoms with E-state index in [4.69, 9.17) is 4.74 Å². The van der Waals surface area contributed by atoms with Crippen molar-refractivity contribution in [2.24, 2.45) is 0 Å². The van der Waals surface area contributed by atoms with Gasteiger partial charge in [0, 0.05) is 24.8 Å². The molecular weight excluding hydrogens is 206 g/mol. The van der Waals surface area contributed by atoms with Crippen LogP contribution in [0.3, 0.4) is 0 Å². The fourth-order valence-electron chi connectivity index (χ4n) is 1.23. The van der Waals surface area contributed by atoms with E-state index in [2.05, 4.69) is 10.1 Å². The van der Waals surface area contributed by atoms with Gasteiger partial charge in [-0.2, -0.15) is 5.10 Å². The number of ether oxygens (including phenoxy) is 1. The molecule has 5 nitrogen and oxygen atoms in total. The van der Waals surface area contributed by atoms with E-state index in [9.17, 15) is 4.79 Å². The SMILES string of the molecule is O=C(OCCn1cccn1)c1cccnc1. The van der Waals surface area contributed by atoms with Gasteiger partial charge >= 0.3 is 5.97 Å². The van der Waals surface area contributed by atoms with Crippen LogP contribution in [0, 0.1) is 0 Å². The molecule has 0 saturated carbocycles. The number of hydrogen-bond acceptors (Lipinski definition) is 4. The van der Waals surface area contributed by atoms with Crippen molar-refractivity contribution in [1.29, 1.82) is 0 Å². The van der Waals surface area contributed by atoms with Gasteiger partial charge in [-0.25, -0.2) is 4.79 Å². The standard InChI is InChI=1S/C11H11N3O2/c15-11(10-3-1-4-12-9-10)16-8-7-14-6-2-5-13-14/h1-6,9H,7-8H2. The summed E-state index contributed by atoms with van der Waals surface area (Å²) in [6.07, 6.45) is 6.59. The number of carbonyl (C=O) groups is 1. The van der Waals surface area contributed by atoms with E-state index in [1.807, 2.05) is 12.3 Å². The van der Waals surface area contributed by atoms with Crippen molar-refractivity contribution < 1.29 is 9.53 Å². The lowest BCUT2D eigenvalue weighted by Crippen LogP contribution is -2.11. The summed E-state index contributed by atoms with van der Waals surface area (Å²) in [4.78, 5) is 15.3. The molecule has 0 aliphatic heterocycles. The van der Waals surface area contributed by atoms with Gasteiger partial charge in [0.15, 0.2) is 0 Å². The Labute approximate surface area is 92.7 Å². The molecule has 0 amide bonds. The molecule has 0 radical (unpaired) electrons. The van der Waals surface area contributed by atoms with Gasteiger partial charge in [-0.15, -0.1) is 0 Å². The number of nitrogens with zero attached hydrogens (tertiary/aromatic N) is 3. The first-order valence-electron chi connectivity index (χ1n) is 4.91. The van der Waals surface area contributed by atoms with Crippen LogP contribution < -0.4 is 0 Å². The van der Waals surface area contributed by atoms with Gasteiger partial charge in [0.1, 0.15) is 6.61 Å². The van der Waals surface area contributed by atoms with Crippen LogP contribution in [-0.2, 0) is 11.3 Å². The molecule has 0 aliphatic rings. The number of aromatic nitrogens is 3. The number of hydrogen-bond donors (Lipinski definition) is 0. The average Bonchev–Trinajstić information content (AvgIpc) is 2.83. The van der Waals surface area contributed by atoms with E-state index in [1.165, 1.54) is 6.20 Å². The average molecular weight is 217 g/mol. The predicted octanol–water partition coefficient (Wildman–Crippen LogP) is 1.14. The normalized spacial score (nSPS) is 10.0. The van der Waals surface area contributed by atoms with Crippen LogP contribution in [0.15, 0.2) is 43.0 Å². The minimum Gasteiger partial charge on any atom is -0.460 e. The quantitative estimate of drug-likeness (QED) is 0.720. The molecule has 0 N–H and O–H groups in total. The molecule has 0 aromatic carbocycles. The van der Waals surface area contributed by atoms with Crippen LogP contribution in [0.4, 0.5) is 0 Å². The van der Waals surface area contributed by atoms with Gasteiger partial charge in [-0.05, 0) is 18.2 Å². The van der Waals surface area contributed by atoms with Gasteiger partial charge in [-0.1, -0.05) is 0 Å².